The number of benzene rings is 2. The van der Waals surface area contributed by atoms with Crippen LogP contribution in [0.2, 0.25) is 5.02 Å². The van der Waals surface area contributed by atoms with Crippen molar-refractivity contribution in [3.8, 4) is 5.75 Å². The van der Waals surface area contributed by atoms with Crippen LogP contribution in [0.1, 0.15) is 5.56 Å². The van der Waals surface area contributed by atoms with Gasteiger partial charge in [0.1, 0.15) is 5.75 Å². The number of hydrogen-bond acceptors (Lipinski definition) is 5. The monoisotopic (exact) mass is 439 g/mol. The van der Waals surface area contributed by atoms with Gasteiger partial charge in [-0.1, -0.05) is 41.1 Å². The van der Waals surface area contributed by atoms with Crippen molar-refractivity contribution in [1.29, 1.82) is 0 Å². The highest BCUT2D eigenvalue weighted by Gasteiger charge is 2.21. The highest BCUT2D eigenvalue weighted by atomic mass is 35.5. The van der Waals surface area contributed by atoms with Crippen LogP contribution in [0.4, 0.5) is 5.13 Å². The lowest BCUT2D eigenvalue weighted by atomic mass is 10.2. The second-order valence-corrected chi connectivity index (χ2v) is 7.96. The van der Waals surface area contributed by atoms with E-state index in [0.29, 0.717) is 22.4 Å². The van der Waals surface area contributed by atoms with E-state index in [2.05, 4.69) is 0 Å². The largest absolute Gasteiger partial charge is 0.484 e. The van der Waals surface area contributed by atoms with Gasteiger partial charge >= 0.3 is 0 Å². The topological polar surface area (TPSA) is 45.7 Å². The smallest absolute Gasteiger partial charge is 0.266 e. The van der Waals surface area contributed by atoms with E-state index < -0.39 is 0 Å². The van der Waals surface area contributed by atoms with E-state index in [9.17, 15) is 4.79 Å². The molecular formula is C20H23Cl2N3O2S. The summed E-state index contributed by atoms with van der Waals surface area (Å²) in [6.45, 7) is 3.21. The third-order valence-electron chi connectivity index (χ3n) is 4.05. The fraction of sp³-hybridized carbons (Fsp3) is 0.300. The van der Waals surface area contributed by atoms with Crippen LogP contribution in [0.5, 0.6) is 5.75 Å². The van der Waals surface area contributed by atoms with E-state index >= 15 is 0 Å². The van der Waals surface area contributed by atoms with Crippen molar-refractivity contribution >= 4 is 56.6 Å². The standard InChI is InChI=1S/C20H22ClN3O2S.ClH/c1-14-11-15(21)12-17-19(14)22-20(27-17)24(10-9-23(2)3)18(25)13-26-16-7-5-4-6-8-16;/h4-8,11-12H,9-10,13H2,1-3H3;1H. The summed E-state index contributed by atoms with van der Waals surface area (Å²) >= 11 is 7.64. The molecule has 0 unspecified atom stereocenters. The Kier molecular flexibility index (Phi) is 8.07. The number of anilines is 1. The number of halogens is 2. The van der Waals surface area contributed by atoms with E-state index in [1.165, 1.54) is 11.3 Å². The van der Waals surface area contributed by atoms with Crippen molar-refractivity contribution in [3.05, 3.63) is 53.1 Å². The minimum atomic E-state index is -0.122. The summed E-state index contributed by atoms with van der Waals surface area (Å²) < 4.78 is 6.62. The first-order valence-corrected chi connectivity index (χ1v) is 9.83. The average Bonchev–Trinajstić information content (AvgIpc) is 3.04. The molecule has 0 saturated carbocycles. The van der Waals surface area contributed by atoms with Crippen LogP contribution >= 0.6 is 35.3 Å². The minimum Gasteiger partial charge on any atom is -0.484 e. The normalized spacial score (nSPS) is 10.8. The fourth-order valence-electron chi connectivity index (χ4n) is 2.62. The molecule has 0 bridgehead atoms. The number of carbonyl (C=O) groups is 1. The number of ether oxygens (including phenoxy) is 1. The van der Waals surface area contributed by atoms with Crippen molar-refractivity contribution in [2.75, 3.05) is 38.7 Å². The Labute approximate surface area is 180 Å². The molecule has 0 radical (unpaired) electrons. The maximum absolute atomic E-state index is 12.9. The summed E-state index contributed by atoms with van der Waals surface area (Å²) in [4.78, 5) is 21.3. The van der Waals surface area contributed by atoms with Crippen LogP contribution < -0.4 is 9.64 Å². The maximum atomic E-state index is 12.9. The van der Waals surface area contributed by atoms with Crippen LogP contribution in [0.15, 0.2) is 42.5 Å². The molecule has 0 fully saturated rings. The number of amides is 1. The number of carbonyl (C=O) groups excluding carboxylic acids is 1. The first-order chi connectivity index (χ1) is 12.9. The Morgan fingerprint density at radius 1 is 1.18 bits per heavy atom. The molecule has 3 aromatic rings. The second kappa shape index (κ2) is 10.1. The zero-order valence-electron chi connectivity index (χ0n) is 16.0. The van der Waals surface area contributed by atoms with Gasteiger partial charge in [0.25, 0.3) is 5.91 Å². The molecule has 1 heterocycles. The van der Waals surface area contributed by atoms with Gasteiger partial charge in [0.2, 0.25) is 0 Å². The van der Waals surface area contributed by atoms with Gasteiger partial charge in [0, 0.05) is 18.1 Å². The number of nitrogens with zero attached hydrogens (tertiary/aromatic N) is 3. The number of para-hydroxylation sites is 1. The summed E-state index contributed by atoms with van der Waals surface area (Å²) in [6, 6.07) is 13.1. The quantitative estimate of drug-likeness (QED) is 0.537. The summed E-state index contributed by atoms with van der Waals surface area (Å²) in [6.07, 6.45) is 0. The number of rotatable bonds is 7. The van der Waals surface area contributed by atoms with Crippen molar-refractivity contribution < 1.29 is 9.53 Å². The highest BCUT2D eigenvalue weighted by Crippen LogP contribution is 2.33. The first kappa shape index (κ1) is 22.4. The van der Waals surface area contributed by atoms with Gasteiger partial charge in [-0.25, -0.2) is 4.98 Å². The van der Waals surface area contributed by atoms with Gasteiger partial charge in [-0.3, -0.25) is 9.69 Å². The number of likely N-dealkylation sites (N-methyl/N-ethyl adjacent to an activating group) is 1. The Balaban J connectivity index is 0.00000280. The van der Waals surface area contributed by atoms with Crippen molar-refractivity contribution in [2.24, 2.45) is 0 Å². The maximum Gasteiger partial charge on any atom is 0.266 e. The molecule has 0 saturated heterocycles. The molecule has 0 atom stereocenters. The Bertz CT molecular complexity index is 932. The predicted octanol–water partition coefficient (Wildman–Crippen LogP) is 4.65. The molecule has 2 aromatic carbocycles. The number of thiazole rings is 1. The van der Waals surface area contributed by atoms with Crippen LogP contribution in [0.25, 0.3) is 10.2 Å². The lowest BCUT2D eigenvalue weighted by Crippen LogP contribution is -2.39. The summed E-state index contributed by atoms with van der Waals surface area (Å²) in [5.74, 6) is 0.550. The second-order valence-electron chi connectivity index (χ2n) is 6.52. The Morgan fingerprint density at radius 2 is 1.89 bits per heavy atom. The molecule has 8 heteroatoms. The predicted molar refractivity (Wildman–Crippen MR) is 119 cm³/mol. The molecule has 1 amide bonds. The fourth-order valence-corrected chi connectivity index (χ4v) is 4.09. The molecule has 0 aliphatic heterocycles. The van der Waals surface area contributed by atoms with Crippen molar-refractivity contribution in [2.45, 2.75) is 6.92 Å². The van der Waals surface area contributed by atoms with E-state index in [-0.39, 0.29) is 24.9 Å². The van der Waals surface area contributed by atoms with E-state index in [0.717, 1.165) is 22.3 Å². The molecular weight excluding hydrogens is 417 g/mol. The average molecular weight is 440 g/mol. The zero-order chi connectivity index (χ0) is 19.4. The Hall–Kier alpha value is -1.86. The lowest BCUT2D eigenvalue weighted by molar-refractivity contribution is -0.120. The van der Waals surface area contributed by atoms with E-state index in [4.69, 9.17) is 21.3 Å². The SMILES string of the molecule is Cc1cc(Cl)cc2sc(N(CCN(C)C)C(=O)COc3ccccc3)nc12.Cl. The van der Waals surface area contributed by atoms with E-state index in [1.807, 2.05) is 68.4 Å². The van der Waals surface area contributed by atoms with Gasteiger partial charge in [-0.15, -0.1) is 12.4 Å². The van der Waals surface area contributed by atoms with Crippen LogP contribution in [0.3, 0.4) is 0 Å². The van der Waals surface area contributed by atoms with Gasteiger partial charge in [-0.2, -0.15) is 0 Å². The molecule has 0 N–H and O–H groups in total. The van der Waals surface area contributed by atoms with Crippen LogP contribution in [-0.2, 0) is 4.79 Å². The summed E-state index contributed by atoms with van der Waals surface area (Å²) in [5.41, 5.74) is 1.88. The lowest BCUT2D eigenvalue weighted by Gasteiger charge is -2.22. The third-order valence-corrected chi connectivity index (χ3v) is 5.29. The van der Waals surface area contributed by atoms with E-state index in [1.54, 1.807) is 4.90 Å². The number of aromatic nitrogens is 1. The minimum absolute atomic E-state index is 0. The molecule has 150 valence electrons. The van der Waals surface area contributed by atoms with Gasteiger partial charge in [0.15, 0.2) is 11.7 Å². The molecule has 28 heavy (non-hydrogen) atoms. The number of fused-ring (bicyclic) bond motifs is 1. The highest BCUT2D eigenvalue weighted by molar-refractivity contribution is 7.22. The first-order valence-electron chi connectivity index (χ1n) is 8.63. The molecule has 0 aliphatic carbocycles. The third kappa shape index (κ3) is 5.58. The molecule has 0 aliphatic rings. The van der Waals surface area contributed by atoms with Crippen molar-refractivity contribution in [1.82, 2.24) is 9.88 Å². The van der Waals surface area contributed by atoms with Gasteiger partial charge < -0.3 is 9.64 Å². The molecule has 5 nitrogen and oxygen atoms in total. The molecule has 0 spiro atoms. The number of aryl methyl sites for hydroxylation is 1. The number of hydrogen-bond donors (Lipinski definition) is 0. The van der Waals surface area contributed by atoms with Crippen LogP contribution in [-0.4, -0.2) is 49.6 Å². The summed E-state index contributed by atoms with van der Waals surface area (Å²) in [5, 5.41) is 1.34. The zero-order valence-corrected chi connectivity index (χ0v) is 18.4. The van der Waals surface area contributed by atoms with Gasteiger partial charge in [0.05, 0.1) is 10.2 Å². The van der Waals surface area contributed by atoms with Gasteiger partial charge in [-0.05, 0) is 50.8 Å². The summed E-state index contributed by atoms with van der Waals surface area (Å²) in [7, 11) is 3.96. The molecule has 1 aromatic heterocycles. The van der Waals surface area contributed by atoms with Crippen LogP contribution in [0, 0.1) is 6.92 Å². The van der Waals surface area contributed by atoms with Crippen molar-refractivity contribution in [3.63, 3.8) is 0 Å². The molecule has 3 rings (SSSR count). The Morgan fingerprint density at radius 3 is 2.57 bits per heavy atom.